The van der Waals surface area contributed by atoms with Crippen molar-refractivity contribution in [1.29, 1.82) is 0 Å². The number of aliphatic imine (C=N–C) groups is 1. The minimum absolute atomic E-state index is 0.0983. The maximum atomic E-state index is 13.0. The summed E-state index contributed by atoms with van der Waals surface area (Å²) < 4.78 is 39.0. The molecule has 0 unspecified atom stereocenters. The number of pyridine rings is 1. The van der Waals surface area contributed by atoms with E-state index in [0.717, 1.165) is 12.1 Å². The molecule has 8 heteroatoms. The Bertz CT molecular complexity index is 1110. The summed E-state index contributed by atoms with van der Waals surface area (Å²) in [6.45, 7) is 1.65. The minimum atomic E-state index is -4.45. The van der Waals surface area contributed by atoms with Crippen LogP contribution in [0.3, 0.4) is 0 Å². The summed E-state index contributed by atoms with van der Waals surface area (Å²) in [6.07, 6.45) is -3.02. The van der Waals surface area contributed by atoms with Gasteiger partial charge in [0.05, 0.1) is 11.3 Å². The van der Waals surface area contributed by atoms with Gasteiger partial charge in [-0.3, -0.25) is 9.79 Å². The largest absolute Gasteiger partial charge is 0.505 e. The lowest BCUT2D eigenvalue weighted by molar-refractivity contribution is -0.137. The zero-order chi connectivity index (χ0) is 21.9. The number of rotatable bonds is 4. The summed E-state index contributed by atoms with van der Waals surface area (Å²) >= 11 is 0. The van der Waals surface area contributed by atoms with Crippen LogP contribution >= 0.6 is 0 Å². The van der Waals surface area contributed by atoms with Gasteiger partial charge in [-0.2, -0.15) is 13.2 Å². The highest BCUT2D eigenvalue weighted by Gasteiger charge is 2.30. The second-order valence-corrected chi connectivity index (χ2v) is 6.51. The molecule has 0 saturated heterocycles. The summed E-state index contributed by atoms with van der Waals surface area (Å²) in [7, 11) is 1.50. The van der Waals surface area contributed by atoms with Crippen LogP contribution < -0.4 is 5.32 Å². The molecule has 3 aromatic rings. The third-order valence-electron chi connectivity index (χ3n) is 4.44. The molecule has 2 aromatic carbocycles. The Morgan fingerprint density at radius 3 is 2.40 bits per heavy atom. The van der Waals surface area contributed by atoms with Gasteiger partial charge in [0.1, 0.15) is 5.75 Å². The number of carbonyl (C=O) groups is 1. The number of aromatic hydroxyl groups is 1. The Morgan fingerprint density at radius 1 is 1.07 bits per heavy atom. The van der Waals surface area contributed by atoms with Crippen LogP contribution in [0.25, 0.3) is 0 Å². The lowest BCUT2D eigenvalue weighted by Crippen LogP contribution is -2.14. The van der Waals surface area contributed by atoms with Crippen molar-refractivity contribution in [1.82, 2.24) is 4.98 Å². The summed E-state index contributed by atoms with van der Waals surface area (Å²) in [5, 5.41) is 12.6. The number of aromatic nitrogens is 1. The Balaban J connectivity index is 1.82. The van der Waals surface area contributed by atoms with E-state index in [1.165, 1.54) is 19.3 Å². The molecule has 0 atom stereocenters. The normalized spacial score (nSPS) is 12.0. The average molecular weight is 413 g/mol. The maximum Gasteiger partial charge on any atom is 0.416 e. The van der Waals surface area contributed by atoms with E-state index < -0.39 is 17.6 Å². The Hall–Kier alpha value is -3.68. The molecular weight excluding hydrogens is 395 g/mol. The number of nitrogens with zero attached hydrogens (tertiary/aromatic N) is 2. The van der Waals surface area contributed by atoms with Crippen molar-refractivity contribution in [3.05, 3.63) is 88.7 Å². The third-order valence-corrected chi connectivity index (χ3v) is 4.44. The van der Waals surface area contributed by atoms with Crippen LogP contribution in [0, 0.1) is 6.92 Å². The second kappa shape index (κ2) is 8.36. The summed E-state index contributed by atoms with van der Waals surface area (Å²) in [5.74, 6) is -0.775. The maximum absolute atomic E-state index is 13.0. The van der Waals surface area contributed by atoms with Gasteiger partial charge >= 0.3 is 6.18 Å². The van der Waals surface area contributed by atoms with Crippen LogP contribution in [-0.2, 0) is 6.18 Å². The minimum Gasteiger partial charge on any atom is -0.505 e. The number of anilines is 1. The van der Waals surface area contributed by atoms with Crippen molar-refractivity contribution in [2.45, 2.75) is 13.1 Å². The number of alkyl halides is 3. The smallest absolute Gasteiger partial charge is 0.416 e. The number of carbonyl (C=O) groups excluding carboxylic acids is 1. The van der Waals surface area contributed by atoms with Gasteiger partial charge in [-0.1, -0.05) is 24.3 Å². The predicted octanol–water partition coefficient (Wildman–Crippen LogP) is 4.83. The van der Waals surface area contributed by atoms with E-state index in [4.69, 9.17) is 0 Å². The van der Waals surface area contributed by atoms with Gasteiger partial charge < -0.3 is 10.4 Å². The van der Waals surface area contributed by atoms with Crippen LogP contribution in [0.15, 0.2) is 65.8 Å². The van der Waals surface area contributed by atoms with Crippen LogP contribution in [0.5, 0.6) is 5.75 Å². The molecule has 0 aliphatic heterocycles. The Labute approximate surface area is 170 Å². The summed E-state index contributed by atoms with van der Waals surface area (Å²) in [4.78, 5) is 20.4. The first-order valence-electron chi connectivity index (χ1n) is 8.91. The van der Waals surface area contributed by atoms with Gasteiger partial charge in [-0.25, -0.2) is 4.98 Å². The molecule has 0 spiro atoms. The van der Waals surface area contributed by atoms with Gasteiger partial charge in [0, 0.05) is 30.1 Å². The van der Waals surface area contributed by atoms with Crippen LogP contribution in [-0.4, -0.2) is 28.8 Å². The Kier molecular flexibility index (Phi) is 5.86. The molecular formula is C22H18F3N3O2. The second-order valence-electron chi connectivity index (χ2n) is 6.51. The van der Waals surface area contributed by atoms with Crippen LogP contribution in [0.4, 0.5) is 18.9 Å². The highest BCUT2D eigenvalue weighted by Crippen LogP contribution is 2.30. The molecule has 0 bridgehead atoms. The van der Waals surface area contributed by atoms with E-state index in [-0.39, 0.29) is 11.4 Å². The lowest BCUT2D eigenvalue weighted by atomic mass is 10.00. The fourth-order valence-electron chi connectivity index (χ4n) is 2.89. The number of hydrogen-bond donors (Lipinski definition) is 2. The molecule has 154 valence electrons. The van der Waals surface area contributed by atoms with Crippen LogP contribution in [0.1, 0.15) is 32.7 Å². The quantitative estimate of drug-likeness (QED) is 0.602. The number of hydrogen-bond acceptors (Lipinski definition) is 4. The Morgan fingerprint density at radius 2 is 1.77 bits per heavy atom. The lowest BCUT2D eigenvalue weighted by Gasteiger charge is -2.12. The fourth-order valence-corrected chi connectivity index (χ4v) is 2.89. The highest BCUT2D eigenvalue weighted by atomic mass is 19.4. The molecule has 0 saturated carbocycles. The molecule has 0 aliphatic rings. The molecule has 30 heavy (non-hydrogen) atoms. The van der Waals surface area contributed by atoms with E-state index >= 15 is 0 Å². The molecule has 0 fully saturated rings. The fraction of sp³-hybridized carbons (Fsp3) is 0.136. The van der Waals surface area contributed by atoms with E-state index in [1.54, 1.807) is 43.3 Å². The van der Waals surface area contributed by atoms with Crippen molar-refractivity contribution in [3.63, 3.8) is 0 Å². The standard InChI is InChI=1S/C22H18F3N3O2/c1-13-10-11-27-19(20(13)29)21(30)28-17-8-6-14(7-9-17)18(26-2)15-4-3-5-16(12-15)22(23,24)25/h3-12,29H,1-2H3,(H,28,30). The molecule has 1 heterocycles. The molecule has 3 rings (SSSR count). The molecule has 1 amide bonds. The SMILES string of the molecule is CN=C(c1ccc(NC(=O)c2nccc(C)c2O)cc1)c1cccc(C(F)(F)F)c1. The van der Waals surface area contributed by atoms with Gasteiger partial charge in [0.2, 0.25) is 0 Å². The first kappa shape index (κ1) is 21.0. The zero-order valence-corrected chi connectivity index (χ0v) is 16.2. The molecule has 0 aliphatic carbocycles. The average Bonchev–Trinajstić information content (AvgIpc) is 2.71. The molecule has 2 N–H and O–H groups in total. The van der Waals surface area contributed by atoms with E-state index in [0.29, 0.717) is 28.1 Å². The van der Waals surface area contributed by atoms with Crippen molar-refractivity contribution in [3.8, 4) is 5.75 Å². The zero-order valence-electron chi connectivity index (χ0n) is 16.2. The van der Waals surface area contributed by atoms with Crippen molar-refractivity contribution < 1.29 is 23.1 Å². The number of aryl methyl sites for hydroxylation is 1. The third kappa shape index (κ3) is 4.48. The van der Waals surface area contributed by atoms with Crippen molar-refractivity contribution >= 4 is 17.3 Å². The van der Waals surface area contributed by atoms with E-state index in [2.05, 4.69) is 15.3 Å². The number of benzene rings is 2. The van der Waals surface area contributed by atoms with Crippen molar-refractivity contribution in [2.24, 2.45) is 4.99 Å². The van der Waals surface area contributed by atoms with Gasteiger partial charge in [0.15, 0.2) is 5.69 Å². The number of amides is 1. The van der Waals surface area contributed by atoms with Gasteiger partial charge in [-0.15, -0.1) is 0 Å². The van der Waals surface area contributed by atoms with Gasteiger partial charge in [0.25, 0.3) is 5.91 Å². The topological polar surface area (TPSA) is 74.6 Å². The number of halogens is 3. The van der Waals surface area contributed by atoms with Crippen LogP contribution in [0.2, 0.25) is 0 Å². The first-order valence-corrected chi connectivity index (χ1v) is 8.91. The van der Waals surface area contributed by atoms with E-state index in [9.17, 15) is 23.1 Å². The highest BCUT2D eigenvalue weighted by molar-refractivity contribution is 6.13. The van der Waals surface area contributed by atoms with Gasteiger partial charge in [-0.05, 0) is 42.8 Å². The molecule has 1 aromatic heterocycles. The molecule has 0 radical (unpaired) electrons. The summed E-state index contributed by atoms with van der Waals surface area (Å²) in [6, 6.07) is 13.0. The monoisotopic (exact) mass is 413 g/mol. The summed E-state index contributed by atoms with van der Waals surface area (Å²) in [5.41, 5.74) is 1.41. The first-order chi connectivity index (χ1) is 14.2. The number of nitrogens with one attached hydrogen (secondary N) is 1. The molecule has 5 nitrogen and oxygen atoms in total. The van der Waals surface area contributed by atoms with Crippen molar-refractivity contribution in [2.75, 3.05) is 12.4 Å². The predicted molar refractivity (Wildman–Crippen MR) is 108 cm³/mol. The van der Waals surface area contributed by atoms with E-state index in [1.807, 2.05) is 0 Å².